The van der Waals surface area contributed by atoms with Gasteiger partial charge in [0, 0.05) is 5.57 Å². The molecule has 1 heterocycles. The molecule has 0 aliphatic rings. The first-order valence-electron chi connectivity index (χ1n) is 8.22. The average Bonchev–Trinajstić information content (AvgIpc) is 2.95. The number of azo groups is 1. The van der Waals surface area contributed by atoms with Crippen molar-refractivity contribution in [3.63, 3.8) is 0 Å². The summed E-state index contributed by atoms with van der Waals surface area (Å²) in [5.41, 5.74) is 2.12. The maximum absolute atomic E-state index is 12.6. The molecule has 2 aromatic carbocycles. The number of rotatable bonds is 5. The Hall–Kier alpha value is -3.74. The van der Waals surface area contributed by atoms with Crippen LogP contribution in [0.1, 0.15) is 12.6 Å². The summed E-state index contributed by atoms with van der Waals surface area (Å²) in [6.45, 7) is 6.86. The van der Waals surface area contributed by atoms with Crippen LogP contribution >= 0.6 is 0 Å². The second-order valence-electron chi connectivity index (χ2n) is 5.93. The Morgan fingerprint density at radius 2 is 1.74 bits per heavy atom. The molecule has 0 fully saturated rings. The van der Waals surface area contributed by atoms with Crippen LogP contribution in [0.5, 0.6) is 5.75 Å². The number of H-pyrrole nitrogens is 1. The van der Waals surface area contributed by atoms with E-state index in [2.05, 4.69) is 21.9 Å². The van der Waals surface area contributed by atoms with Gasteiger partial charge in [0.2, 0.25) is 0 Å². The summed E-state index contributed by atoms with van der Waals surface area (Å²) < 4.78 is 6.54. The first-order valence-corrected chi connectivity index (χ1v) is 8.22. The number of nitrogens with zero attached hydrogens (tertiary/aromatic N) is 3. The average molecular weight is 362 g/mol. The molecule has 0 saturated carbocycles. The largest absolute Gasteiger partial charge is 0.423 e. The molecule has 0 unspecified atom stereocenters. The fourth-order valence-electron chi connectivity index (χ4n) is 2.30. The van der Waals surface area contributed by atoms with Crippen molar-refractivity contribution in [1.82, 2.24) is 9.78 Å². The highest BCUT2D eigenvalue weighted by atomic mass is 16.5. The van der Waals surface area contributed by atoms with Crippen LogP contribution in [0, 0.1) is 6.92 Å². The highest BCUT2D eigenvalue weighted by Gasteiger charge is 2.12. The maximum atomic E-state index is 12.6. The van der Waals surface area contributed by atoms with E-state index in [-0.39, 0.29) is 11.2 Å². The zero-order chi connectivity index (χ0) is 19.4. The lowest BCUT2D eigenvalue weighted by molar-refractivity contribution is -0.130. The van der Waals surface area contributed by atoms with Gasteiger partial charge in [-0.2, -0.15) is 5.11 Å². The molecule has 3 rings (SSSR count). The van der Waals surface area contributed by atoms with E-state index in [0.29, 0.717) is 22.7 Å². The number of aromatic nitrogens is 2. The van der Waals surface area contributed by atoms with Crippen molar-refractivity contribution in [2.45, 2.75) is 13.8 Å². The van der Waals surface area contributed by atoms with Gasteiger partial charge in [-0.15, -0.1) is 5.11 Å². The van der Waals surface area contributed by atoms with E-state index in [1.54, 1.807) is 38.1 Å². The van der Waals surface area contributed by atoms with Crippen molar-refractivity contribution in [3.05, 3.63) is 82.8 Å². The molecule has 7 nitrogen and oxygen atoms in total. The maximum Gasteiger partial charge on any atom is 0.338 e. The number of benzene rings is 2. The third-order valence-corrected chi connectivity index (χ3v) is 3.72. The lowest BCUT2D eigenvalue weighted by Crippen LogP contribution is -2.13. The smallest absolute Gasteiger partial charge is 0.338 e. The van der Waals surface area contributed by atoms with Crippen LogP contribution < -0.4 is 10.3 Å². The predicted octanol–water partition coefficient (Wildman–Crippen LogP) is 4.37. The minimum atomic E-state index is -0.492. The van der Waals surface area contributed by atoms with E-state index >= 15 is 0 Å². The van der Waals surface area contributed by atoms with Crippen molar-refractivity contribution in [2.75, 3.05) is 0 Å². The second-order valence-corrected chi connectivity index (χ2v) is 5.93. The molecular formula is C20H18N4O3. The van der Waals surface area contributed by atoms with Gasteiger partial charge in [-0.3, -0.25) is 9.89 Å². The third kappa shape index (κ3) is 4.09. The normalized spacial score (nSPS) is 10.9. The molecule has 0 aliphatic carbocycles. The van der Waals surface area contributed by atoms with Gasteiger partial charge < -0.3 is 4.74 Å². The minimum absolute atomic E-state index is 0.233. The summed E-state index contributed by atoms with van der Waals surface area (Å²) in [4.78, 5) is 24.1. The summed E-state index contributed by atoms with van der Waals surface area (Å²) in [6.07, 6.45) is 0. The van der Waals surface area contributed by atoms with E-state index in [4.69, 9.17) is 4.74 Å². The summed E-state index contributed by atoms with van der Waals surface area (Å²) >= 11 is 0. The van der Waals surface area contributed by atoms with Crippen molar-refractivity contribution >= 4 is 17.3 Å². The molecule has 0 bridgehead atoms. The number of hydrogen-bond donors (Lipinski definition) is 1. The molecule has 0 amide bonds. The van der Waals surface area contributed by atoms with Crippen LogP contribution in [-0.2, 0) is 4.79 Å². The zero-order valence-electron chi connectivity index (χ0n) is 15.0. The number of para-hydroxylation sites is 1. The molecule has 27 heavy (non-hydrogen) atoms. The van der Waals surface area contributed by atoms with E-state index < -0.39 is 5.97 Å². The first kappa shape index (κ1) is 18.1. The second kappa shape index (κ2) is 7.65. The van der Waals surface area contributed by atoms with Crippen molar-refractivity contribution in [3.8, 4) is 11.4 Å². The van der Waals surface area contributed by atoms with Gasteiger partial charge >= 0.3 is 5.97 Å². The molecule has 0 atom stereocenters. The van der Waals surface area contributed by atoms with Crippen LogP contribution in [0.25, 0.3) is 5.69 Å². The number of aromatic amines is 1. The summed E-state index contributed by atoms with van der Waals surface area (Å²) in [5.74, 6) is -0.111. The molecule has 136 valence electrons. The summed E-state index contributed by atoms with van der Waals surface area (Å²) in [5, 5.41) is 11.2. The van der Waals surface area contributed by atoms with Gasteiger partial charge in [-0.25, -0.2) is 9.48 Å². The molecule has 3 aromatic rings. The van der Waals surface area contributed by atoms with Gasteiger partial charge in [-0.1, -0.05) is 24.8 Å². The Morgan fingerprint density at radius 3 is 2.37 bits per heavy atom. The Bertz CT molecular complexity index is 1060. The van der Waals surface area contributed by atoms with E-state index in [1.165, 1.54) is 4.68 Å². The molecule has 1 aromatic heterocycles. The highest BCUT2D eigenvalue weighted by Crippen LogP contribution is 2.22. The number of aryl methyl sites for hydroxylation is 1. The molecule has 0 radical (unpaired) electrons. The highest BCUT2D eigenvalue weighted by molar-refractivity contribution is 5.88. The van der Waals surface area contributed by atoms with Gasteiger partial charge in [0.1, 0.15) is 5.75 Å². The predicted molar refractivity (Wildman–Crippen MR) is 102 cm³/mol. The van der Waals surface area contributed by atoms with Crippen molar-refractivity contribution in [1.29, 1.82) is 0 Å². The number of carbonyl (C=O) groups excluding carboxylic acids is 1. The number of ether oxygens (including phenoxy) is 1. The molecule has 0 aliphatic heterocycles. The molecule has 1 N–H and O–H groups in total. The van der Waals surface area contributed by atoms with Gasteiger partial charge in [-0.05, 0) is 50.2 Å². The number of hydrogen-bond acceptors (Lipinski definition) is 5. The summed E-state index contributed by atoms with van der Waals surface area (Å²) in [6, 6.07) is 15.7. The van der Waals surface area contributed by atoms with Crippen LogP contribution in [0.2, 0.25) is 0 Å². The molecule has 7 heteroatoms. The van der Waals surface area contributed by atoms with Gasteiger partial charge in [0.05, 0.1) is 17.1 Å². The standard InChI is InChI=1S/C20H18N4O3/c1-13(2)20(26)27-17-11-9-15(10-12-17)21-22-18-14(3)23-24(19(18)25)16-7-5-4-6-8-16/h4-12,23H,1H2,2-3H3/b22-21+. The van der Waals surface area contributed by atoms with Crippen LogP contribution in [0.3, 0.4) is 0 Å². The van der Waals surface area contributed by atoms with Gasteiger partial charge in [0.15, 0.2) is 5.69 Å². The lowest BCUT2D eigenvalue weighted by Gasteiger charge is -2.03. The minimum Gasteiger partial charge on any atom is -0.423 e. The fourth-order valence-corrected chi connectivity index (χ4v) is 2.30. The topological polar surface area (TPSA) is 88.8 Å². The van der Waals surface area contributed by atoms with E-state index in [1.807, 2.05) is 30.3 Å². The Labute approximate surface area is 155 Å². The van der Waals surface area contributed by atoms with Crippen LogP contribution in [0.4, 0.5) is 11.4 Å². The Kier molecular flexibility index (Phi) is 5.12. The van der Waals surface area contributed by atoms with E-state index in [9.17, 15) is 9.59 Å². The van der Waals surface area contributed by atoms with Crippen LogP contribution in [-0.4, -0.2) is 15.7 Å². The van der Waals surface area contributed by atoms with E-state index in [0.717, 1.165) is 5.69 Å². The van der Waals surface area contributed by atoms with Crippen molar-refractivity contribution in [2.24, 2.45) is 10.2 Å². The molecular weight excluding hydrogens is 344 g/mol. The monoisotopic (exact) mass is 362 g/mol. The van der Waals surface area contributed by atoms with Crippen molar-refractivity contribution < 1.29 is 9.53 Å². The Balaban J connectivity index is 1.81. The third-order valence-electron chi connectivity index (χ3n) is 3.72. The molecule has 0 saturated heterocycles. The SMILES string of the molecule is C=C(C)C(=O)Oc1ccc(/N=N/c2c(C)[nH]n(-c3ccccc3)c2=O)cc1. The van der Waals surface area contributed by atoms with Crippen LogP contribution in [0.15, 0.2) is 81.8 Å². The zero-order valence-corrected chi connectivity index (χ0v) is 15.0. The number of esters is 1. The van der Waals surface area contributed by atoms with Gasteiger partial charge in [0.25, 0.3) is 5.56 Å². The fraction of sp³-hybridized carbons (Fsp3) is 0.100. The number of nitrogens with one attached hydrogen (secondary N) is 1. The molecule has 0 spiro atoms. The Morgan fingerprint density at radius 1 is 1.07 bits per heavy atom. The first-order chi connectivity index (χ1) is 13.0. The summed E-state index contributed by atoms with van der Waals surface area (Å²) in [7, 11) is 0. The quantitative estimate of drug-likeness (QED) is 0.316. The lowest BCUT2D eigenvalue weighted by atomic mass is 10.3. The number of carbonyl (C=O) groups is 1.